The SMILES string of the molecule is CCCCc1ccccc1C(C)OC(C)c1ccccc1CCCC. The van der Waals surface area contributed by atoms with E-state index >= 15 is 0 Å². The summed E-state index contributed by atoms with van der Waals surface area (Å²) < 4.78 is 6.46. The van der Waals surface area contributed by atoms with Crippen LogP contribution < -0.4 is 0 Å². The number of ether oxygens (including phenoxy) is 1. The van der Waals surface area contributed by atoms with Gasteiger partial charge in [-0.15, -0.1) is 0 Å². The van der Waals surface area contributed by atoms with Gasteiger partial charge < -0.3 is 4.74 Å². The molecule has 1 heteroatoms. The molecule has 0 amide bonds. The van der Waals surface area contributed by atoms with Crippen molar-refractivity contribution in [2.45, 2.75) is 78.4 Å². The Morgan fingerprint density at radius 2 is 1.08 bits per heavy atom. The van der Waals surface area contributed by atoms with Crippen LogP contribution in [0.1, 0.15) is 87.8 Å². The first-order valence-corrected chi connectivity index (χ1v) is 9.98. The maximum absolute atomic E-state index is 6.46. The van der Waals surface area contributed by atoms with Crippen LogP contribution in [0, 0.1) is 0 Å². The molecule has 2 unspecified atom stereocenters. The molecule has 0 aromatic heterocycles. The first kappa shape index (κ1) is 19.7. The molecule has 136 valence electrons. The molecule has 2 rings (SSSR count). The number of benzene rings is 2. The van der Waals surface area contributed by atoms with E-state index in [2.05, 4.69) is 76.2 Å². The van der Waals surface area contributed by atoms with Gasteiger partial charge in [-0.1, -0.05) is 75.2 Å². The van der Waals surface area contributed by atoms with Gasteiger partial charge in [-0.25, -0.2) is 0 Å². The van der Waals surface area contributed by atoms with Crippen molar-refractivity contribution in [3.8, 4) is 0 Å². The minimum absolute atomic E-state index is 0.113. The first-order chi connectivity index (χ1) is 12.2. The summed E-state index contributed by atoms with van der Waals surface area (Å²) >= 11 is 0. The second kappa shape index (κ2) is 10.4. The number of rotatable bonds is 10. The van der Waals surface area contributed by atoms with Crippen molar-refractivity contribution in [3.05, 3.63) is 70.8 Å². The van der Waals surface area contributed by atoms with E-state index in [0.717, 1.165) is 12.8 Å². The van der Waals surface area contributed by atoms with Gasteiger partial charge in [-0.05, 0) is 61.8 Å². The standard InChI is InChI=1S/C24H34O/c1-5-7-13-21-15-9-11-17-23(21)19(3)25-20(4)24-18-12-10-16-22(24)14-8-6-2/h9-12,15-20H,5-8,13-14H2,1-4H3. The zero-order valence-electron chi connectivity index (χ0n) is 16.4. The van der Waals surface area contributed by atoms with Crippen molar-refractivity contribution >= 4 is 0 Å². The van der Waals surface area contributed by atoms with E-state index in [9.17, 15) is 0 Å². The molecule has 0 radical (unpaired) electrons. The summed E-state index contributed by atoms with van der Waals surface area (Å²) in [4.78, 5) is 0. The molecule has 0 saturated heterocycles. The van der Waals surface area contributed by atoms with Crippen molar-refractivity contribution in [2.75, 3.05) is 0 Å². The van der Waals surface area contributed by atoms with Gasteiger partial charge in [0.25, 0.3) is 0 Å². The molecule has 0 N–H and O–H groups in total. The van der Waals surface area contributed by atoms with E-state index in [1.165, 1.54) is 47.9 Å². The summed E-state index contributed by atoms with van der Waals surface area (Å²) in [6.45, 7) is 8.88. The largest absolute Gasteiger partial charge is 0.366 e. The highest BCUT2D eigenvalue weighted by molar-refractivity contribution is 5.31. The number of unbranched alkanes of at least 4 members (excludes halogenated alkanes) is 2. The molecule has 2 aromatic rings. The lowest BCUT2D eigenvalue weighted by Gasteiger charge is -2.24. The Kier molecular flexibility index (Phi) is 8.21. The minimum Gasteiger partial charge on any atom is -0.366 e. The van der Waals surface area contributed by atoms with Crippen molar-refractivity contribution in [3.63, 3.8) is 0 Å². The summed E-state index contributed by atoms with van der Waals surface area (Å²) in [5.74, 6) is 0. The molecule has 1 nitrogen and oxygen atoms in total. The zero-order chi connectivity index (χ0) is 18.1. The molecule has 0 aliphatic heterocycles. The molecular weight excluding hydrogens is 304 g/mol. The first-order valence-electron chi connectivity index (χ1n) is 9.98. The van der Waals surface area contributed by atoms with Gasteiger partial charge in [0.05, 0.1) is 12.2 Å². The van der Waals surface area contributed by atoms with E-state index in [4.69, 9.17) is 4.74 Å². The van der Waals surface area contributed by atoms with Crippen LogP contribution in [0.25, 0.3) is 0 Å². The van der Waals surface area contributed by atoms with Gasteiger partial charge >= 0.3 is 0 Å². The normalized spacial score (nSPS) is 13.6. The van der Waals surface area contributed by atoms with Crippen molar-refractivity contribution in [1.29, 1.82) is 0 Å². The summed E-state index contributed by atoms with van der Waals surface area (Å²) in [5, 5.41) is 0. The molecule has 2 atom stereocenters. The molecule has 2 aromatic carbocycles. The van der Waals surface area contributed by atoms with Gasteiger partial charge in [-0.3, -0.25) is 0 Å². The Morgan fingerprint density at radius 3 is 1.48 bits per heavy atom. The van der Waals surface area contributed by atoms with Gasteiger partial charge in [0.1, 0.15) is 0 Å². The van der Waals surface area contributed by atoms with Gasteiger partial charge in [-0.2, -0.15) is 0 Å². The maximum atomic E-state index is 6.46. The smallest absolute Gasteiger partial charge is 0.0807 e. The summed E-state index contributed by atoms with van der Waals surface area (Å²) in [7, 11) is 0. The summed E-state index contributed by atoms with van der Waals surface area (Å²) in [5.41, 5.74) is 5.55. The lowest BCUT2D eigenvalue weighted by atomic mass is 9.97. The lowest BCUT2D eigenvalue weighted by Crippen LogP contribution is -2.09. The molecule has 25 heavy (non-hydrogen) atoms. The molecule has 0 aliphatic rings. The quantitative estimate of drug-likeness (QED) is 0.444. The van der Waals surface area contributed by atoms with Crippen LogP contribution in [0.15, 0.2) is 48.5 Å². The molecule has 0 bridgehead atoms. The third-order valence-electron chi connectivity index (χ3n) is 4.99. The Bertz CT molecular complexity index is 576. The van der Waals surface area contributed by atoms with E-state index in [1.807, 2.05) is 0 Å². The predicted octanol–water partition coefficient (Wildman–Crippen LogP) is 7.21. The number of hydrogen-bond donors (Lipinski definition) is 0. The fourth-order valence-electron chi connectivity index (χ4n) is 3.50. The Labute approximate surface area is 154 Å². The fraction of sp³-hybridized carbons (Fsp3) is 0.500. The average molecular weight is 339 g/mol. The monoisotopic (exact) mass is 338 g/mol. The van der Waals surface area contributed by atoms with E-state index in [1.54, 1.807) is 0 Å². The van der Waals surface area contributed by atoms with Crippen LogP contribution in [-0.2, 0) is 17.6 Å². The van der Waals surface area contributed by atoms with Crippen molar-refractivity contribution in [1.82, 2.24) is 0 Å². The summed E-state index contributed by atoms with van der Waals surface area (Å²) in [6.07, 6.45) is 7.43. The molecule has 0 spiro atoms. The second-order valence-corrected chi connectivity index (χ2v) is 7.03. The van der Waals surface area contributed by atoms with Crippen LogP contribution in [0.5, 0.6) is 0 Å². The highest BCUT2D eigenvalue weighted by Crippen LogP contribution is 2.30. The van der Waals surface area contributed by atoms with Gasteiger partial charge in [0, 0.05) is 0 Å². The Balaban J connectivity index is 2.12. The average Bonchev–Trinajstić information content (AvgIpc) is 2.65. The van der Waals surface area contributed by atoms with Crippen LogP contribution in [0.3, 0.4) is 0 Å². The number of aryl methyl sites for hydroxylation is 2. The van der Waals surface area contributed by atoms with Crippen LogP contribution >= 0.6 is 0 Å². The Morgan fingerprint density at radius 1 is 0.680 bits per heavy atom. The molecule has 0 fully saturated rings. The van der Waals surface area contributed by atoms with Gasteiger partial charge in [0.15, 0.2) is 0 Å². The number of hydrogen-bond acceptors (Lipinski definition) is 1. The molecular formula is C24H34O. The highest BCUT2D eigenvalue weighted by Gasteiger charge is 2.17. The Hall–Kier alpha value is -1.60. The second-order valence-electron chi connectivity index (χ2n) is 7.03. The van der Waals surface area contributed by atoms with Crippen LogP contribution in [-0.4, -0.2) is 0 Å². The van der Waals surface area contributed by atoms with E-state index in [0.29, 0.717) is 0 Å². The lowest BCUT2D eigenvalue weighted by molar-refractivity contribution is 0.00495. The fourth-order valence-corrected chi connectivity index (χ4v) is 3.50. The zero-order valence-corrected chi connectivity index (χ0v) is 16.4. The van der Waals surface area contributed by atoms with E-state index < -0.39 is 0 Å². The third-order valence-corrected chi connectivity index (χ3v) is 4.99. The predicted molar refractivity (Wildman–Crippen MR) is 108 cm³/mol. The highest BCUT2D eigenvalue weighted by atomic mass is 16.5. The van der Waals surface area contributed by atoms with Gasteiger partial charge in [0.2, 0.25) is 0 Å². The minimum atomic E-state index is 0.113. The topological polar surface area (TPSA) is 9.23 Å². The van der Waals surface area contributed by atoms with Crippen molar-refractivity contribution < 1.29 is 4.74 Å². The van der Waals surface area contributed by atoms with Crippen LogP contribution in [0.2, 0.25) is 0 Å². The molecule has 0 saturated carbocycles. The van der Waals surface area contributed by atoms with Crippen molar-refractivity contribution in [2.24, 2.45) is 0 Å². The van der Waals surface area contributed by atoms with Crippen LogP contribution in [0.4, 0.5) is 0 Å². The maximum Gasteiger partial charge on any atom is 0.0807 e. The third kappa shape index (κ3) is 5.71. The van der Waals surface area contributed by atoms with E-state index in [-0.39, 0.29) is 12.2 Å². The molecule has 0 heterocycles. The molecule has 0 aliphatic carbocycles. The summed E-state index contributed by atoms with van der Waals surface area (Å²) in [6, 6.07) is 17.5.